The van der Waals surface area contributed by atoms with Gasteiger partial charge in [0.1, 0.15) is 4.90 Å². The number of nitrogens with zero attached hydrogens (tertiary/aromatic N) is 1. The molecule has 0 saturated carbocycles. The van der Waals surface area contributed by atoms with Gasteiger partial charge >= 0.3 is 0 Å². The van der Waals surface area contributed by atoms with Crippen LogP contribution in [0.25, 0.3) is 0 Å². The first kappa shape index (κ1) is 14.6. The van der Waals surface area contributed by atoms with Crippen molar-refractivity contribution in [1.29, 1.82) is 0 Å². The number of halogens is 1. The van der Waals surface area contributed by atoms with Crippen molar-refractivity contribution in [3.63, 3.8) is 0 Å². The number of nitrogen functional groups attached to an aromatic ring is 1. The van der Waals surface area contributed by atoms with E-state index in [2.05, 4.69) is 0 Å². The van der Waals surface area contributed by atoms with Crippen LogP contribution in [0.3, 0.4) is 0 Å². The molecule has 1 unspecified atom stereocenters. The molecule has 1 aromatic carbocycles. The topological polar surface area (TPSA) is 83.6 Å². The van der Waals surface area contributed by atoms with Crippen LogP contribution in [-0.2, 0) is 10.0 Å². The van der Waals surface area contributed by atoms with Gasteiger partial charge < -0.3 is 10.8 Å². The maximum absolute atomic E-state index is 12.6. The van der Waals surface area contributed by atoms with E-state index in [4.69, 9.17) is 17.3 Å². The Balaban J connectivity index is 2.43. The van der Waals surface area contributed by atoms with E-state index >= 15 is 0 Å². The number of hydrogen-bond donors (Lipinski definition) is 2. The number of aliphatic hydroxyl groups is 1. The van der Waals surface area contributed by atoms with Gasteiger partial charge in [-0.1, -0.05) is 17.7 Å². The van der Waals surface area contributed by atoms with E-state index in [1.165, 1.54) is 16.4 Å². The molecule has 1 aromatic rings. The Kier molecular flexibility index (Phi) is 3.79. The van der Waals surface area contributed by atoms with Gasteiger partial charge in [-0.25, -0.2) is 8.42 Å². The van der Waals surface area contributed by atoms with E-state index in [-0.39, 0.29) is 22.2 Å². The fraction of sp³-hybridized carbons (Fsp3) is 0.500. The predicted octanol–water partition coefficient (Wildman–Crippen LogP) is 1.46. The smallest absolute Gasteiger partial charge is 0.246 e. The summed E-state index contributed by atoms with van der Waals surface area (Å²) in [7, 11) is -3.78. The van der Waals surface area contributed by atoms with Crippen molar-refractivity contribution in [3.05, 3.63) is 23.2 Å². The molecule has 1 fully saturated rings. The third-order valence-corrected chi connectivity index (χ3v) is 5.63. The molecule has 1 saturated heterocycles. The molecule has 1 aliphatic rings. The van der Waals surface area contributed by atoms with Crippen LogP contribution in [0.15, 0.2) is 23.1 Å². The minimum Gasteiger partial charge on any atom is -0.398 e. The van der Waals surface area contributed by atoms with Crippen molar-refractivity contribution in [2.24, 2.45) is 0 Å². The lowest BCUT2D eigenvalue weighted by molar-refractivity contribution is 0.00941. The van der Waals surface area contributed by atoms with E-state index in [0.717, 1.165) is 0 Å². The van der Waals surface area contributed by atoms with Gasteiger partial charge in [0.05, 0.1) is 16.3 Å². The van der Waals surface area contributed by atoms with Crippen LogP contribution in [0.2, 0.25) is 5.02 Å². The van der Waals surface area contributed by atoms with Crippen molar-refractivity contribution >= 4 is 27.3 Å². The number of piperidine rings is 1. The predicted molar refractivity (Wildman–Crippen MR) is 74.5 cm³/mol. The highest BCUT2D eigenvalue weighted by atomic mass is 35.5. The quantitative estimate of drug-likeness (QED) is 0.810. The van der Waals surface area contributed by atoms with Gasteiger partial charge in [0.25, 0.3) is 0 Å². The van der Waals surface area contributed by atoms with Gasteiger partial charge in [-0.3, -0.25) is 0 Å². The van der Waals surface area contributed by atoms with Gasteiger partial charge in [0.15, 0.2) is 0 Å². The summed E-state index contributed by atoms with van der Waals surface area (Å²) in [6.07, 6.45) is 1.19. The summed E-state index contributed by atoms with van der Waals surface area (Å²) in [4.78, 5) is -0.0747. The van der Waals surface area contributed by atoms with Gasteiger partial charge in [0.2, 0.25) is 10.0 Å². The molecule has 0 spiro atoms. The van der Waals surface area contributed by atoms with Crippen LogP contribution in [0.1, 0.15) is 19.8 Å². The SMILES string of the molecule is CC1(O)CCCN(S(=O)(=O)c2c(N)cccc2Cl)C1. The van der Waals surface area contributed by atoms with Crippen molar-refractivity contribution in [2.75, 3.05) is 18.8 Å². The van der Waals surface area contributed by atoms with Gasteiger partial charge in [-0.05, 0) is 31.9 Å². The Morgan fingerprint density at radius 3 is 2.74 bits per heavy atom. The van der Waals surface area contributed by atoms with E-state index < -0.39 is 15.6 Å². The summed E-state index contributed by atoms with van der Waals surface area (Å²) < 4.78 is 26.4. The molecule has 0 aliphatic carbocycles. The monoisotopic (exact) mass is 304 g/mol. The second-order valence-electron chi connectivity index (χ2n) is 5.10. The Hall–Kier alpha value is -0.820. The number of nitrogens with two attached hydrogens (primary N) is 1. The molecule has 1 aliphatic heterocycles. The van der Waals surface area contributed by atoms with Crippen molar-refractivity contribution < 1.29 is 13.5 Å². The molecule has 19 heavy (non-hydrogen) atoms. The second-order valence-corrected chi connectivity index (χ2v) is 7.38. The number of hydrogen-bond acceptors (Lipinski definition) is 4. The molecule has 0 radical (unpaired) electrons. The van der Waals surface area contributed by atoms with Gasteiger partial charge in [0, 0.05) is 13.1 Å². The van der Waals surface area contributed by atoms with E-state index in [1.54, 1.807) is 13.0 Å². The second kappa shape index (κ2) is 4.94. The van der Waals surface area contributed by atoms with E-state index in [1.807, 2.05) is 0 Å². The number of β-amino-alcohol motifs (C(OH)–C–C–N with tert-alkyl or cyclic N) is 1. The molecule has 5 nitrogen and oxygen atoms in total. The molecule has 7 heteroatoms. The third kappa shape index (κ3) is 2.86. The highest BCUT2D eigenvalue weighted by Crippen LogP contribution is 2.32. The summed E-state index contributed by atoms with van der Waals surface area (Å²) in [6, 6.07) is 4.59. The van der Waals surface area contributed by atoms with Crippen molar-refractivity contribution in [1.82, 2.24) is 4.31 Å². The molecule has 106 valence electrons. The first-order valence-electron chi connectivity index (χ1n) is 6.00. The first-order chi connectivity index (χ1) is 8.74. The molecule has 3 N–H and O–H groups in total. The molecule has 1 atom stereocenters. The Labute approximate surface area is 118 Å². The average molecular weight is 305 g/mol. The van der Waals surface area contributed by atoms with E-state index in [9.17, 15) is 13.5 Å². The number of rotatable bonds is 2. The Morgan fingerprint density at radius 1 is 1.47 bits per heavy atom. The number of anilines is 1. The summed E-state index contributed by atoms with van der Waals surface area (Å²) >= 11 is 5.96. The molecule has 0 amide bonds. The zero-order valence-electron chi connectivity index (χ0n) is 10.6. The maximum Gasteiger partial charge on any atom is 0.246 e. The molecule has 0 bridgehead atoms. The molecule has 0 aromatic heterocycles. The summed E-state index contributed by atoms with van der Waals surface area (Å²) in [5, 5.41) is 10.1. The normalized spacial score (nSPS) is 25.4. The van der Waals surface area contributed by atoms with E-state index in [0.29, 0.717) is 19.4 Å². The zero-order valence-corrected chi connectivity index (χ0v) is 12.2. The van der Waals surface area contributed by atoms with Crippen molar-refractivity contribution in [2.45, 2.75) is 30.3 Å². The largest absolute Gasteiger partial charge is 0.398 e. The standard InChI is InChI=1S/C12H17ClN2O3S/c1-12(16)6-3-7-15(8-12)19(17,18)11-9(13)4-2-5-10(11)14/h2,4-5,16H,3,6-8,14H2,1H3. The molecular formula is C12H17ClN2O3S. The molecular weight excluding hydrogens is 288 g/mol. The maximum atomic E-state index is 12.6. The van der Waals surface area contributed by atoms with Crippen molar-refractivity contribution in [3.8, 4) is 0 Å². The first-order valence-corrected chi connectivity index (χ1v) is 7.82. The summed E-state index contributed by atoms with van der Waals surface area (Å²) in [6.45, 7) is 2.05. The fourth-order valence-electron chi connectivity index (χ4n) is 2.31. The Morgan fingerprint density at radius 2 is 2.16 bits per heavy atom. The van der Waals surface area contributed by atoms with Crippen LogP contribution in [0.5, 0.6) is 0 Å². The van der Waals surface area contributed by atoms with Crippen LogP contribution in [-0.4, -0.2) is 36.5 Å². The average Bonchev–Trinajstić information content (AvgIpc) is 2.27. The zero-order chi connectivity index (χ0) is 14.3. The highest BCUT2D eigenvalue weighted by Gasteiger charge is 2.37. The Bertz CT molecular complexity index is 566. The molecule has 2 rings (SSSR count). The lowest BCUT2D eigenvalue weighted by atomic mass is 9.97. The summed E-state index contributed by atoms with van der Waals surface area (Å²) in [5.41, 5.74) is 4.84. The minimum absolute atomic E-state index is 0.0556. The third-order valence-electron chi connectivity index (χ3n) is 3.24. The number of benzene rings is 1. The lowest BCUT2D eigenvalue weighted by Crippen LogP contribution is -2.48. The minimum atomic E-state index is -3.78. The number of sulfonamides is 1. The van der Waals surface area contributed by atoms with Crippen LogP contribution < -0.4 is 5.73 Å². The summed E-state index contributed by atoms with van der Waals surface area (Å²) in [5.74, 6) is 0. The highest BCUT2D eigenvalue weighted by molar-refractivity contribution is 7.89. The van der Waals surface area contributed by atoms with Gasteiger partial charge in [-0.2, -0.15) is 4.31 Å². The van der Waals surface area contributed by atoms with Crippen LogP contribution in [0.4, 0.5) is 5.69 Å². The van der Waals surface area contributed by atoms with Crippen LogP contribution >= 0.6 is 11.6 Å². The lowest BCUT2D eigenvalue weighted by Gasteiger charge is -2.36. The van der Waals surface area contributed by atoms with Crippen LogP contribution in [0, 0.1) is 0 Å². The van der Waals surface area contributed by atoms with Gasteiger partial charge in [-0.15, -0.1) is 0 Å². The fourth-order valence-corrected chi connectivity index (χ4v) is 4.54. The molecule has 1 heterocycles.